The van der Waals surface area contributed by atoms with Gasteiger partial charge in [0.25, 0.3) is 0 Å². The molecule has 0 saturated carbocycles. The van der Waals surface area contributed by atoms with E-state index in [2.05, 4.69) is 124 Å². The Hall–Kier alpha value is -3.47. The number of hydrogen-bond donors (Lipinski definition) is 0. The van der Waals surface area contributed by atoms with Gasteiger partial charge in [-0.3, -0.25) is 4.90 Å². The lowest BCUT2D eigenvalue weighted by Crippen LogP contribution is -2.25. The van der Waals surface area contributed by atoms with Crippen molar-refractivity contribution < 1.29 is 0 Å². The fraction of sp³-hybridized carbons (Fsp3) is 0.219. The molecule has 0 unspecified atom stereocenters. The van der Waals surface area contributed by atoms with Gasteiger partial charge in [-0.15, -0.1) is 0 Å². The van der Waals surface area contributed by atoms with Crippen molar-refractivity contribution in [2.24, 2.45) is 0 Å². The topological polar surface area (TPSA) is 21.1 Å². The molecule has 3 aromatic carbocycles. The molecular weight excluding hydrogens is 458 g/mol. The van der Waals surface area contributed by atoms with Gasteiger partial charge in [0.15, 0.2) is 0 Å². The minimum atomic E-state index is 0.848. The lowest BCUT2D eigenvalue weighted by Gasteiger charge is -2.23. The standard InChI is InChI=1S/C32H33N3S/c1-2-3-20-35-30(22-33-32(35)28-13-5-4-6-14-28)24-34(19-10-11-26-18-21-36-25-26)23-29-16-9-15-27-12-7-8-17-31(27)29/h4-18,21-22,25H,2-3,19-20,23-24H2,1H3/b11-10-. The Kier molecular flexibility index (Phi) is 8.06. The second kappa shape index (κ2) is 12.0. The number of fused-ring (bicyclic) bond motifs is 1. The van der Waals surface area contributed by atoms with Crippen LogP contribution in [0, 0.1) is 0 Å². The third kappa shape index (κ3) is 5.84. The Morgan fingerprint density at radius 1 is 0.917 bits per heavy atom. The molecule has 5 aromatic rings. The van der Waals surface area contributed by atoms with Crippen molar-refractivity contribution in [2.45, 2.75) is 39.4 Å². The Morgan fingerprint density at radius 3 is 2.58 bits per heavy atom. The van der Waals surface area contributed by atoms with Crippen LogP contribution < -0.4 is 0 Å². The van der Waals surface area contributed by atoms with Crippen LogP contribution >= 0.6 is 11.3 Å². The Bertz CT molecular complexity index is 1390. The van der Waals surface area contributed by atoms with E-state index < -0.39 is 0 Å². The molecule has 0 radical (unpaired) electrons. The van der Waals surface area contributed by atoms with Crippen LogP contribution in [-0.2, 0) is 19.6 Å². The molecule has 0 saturated heterocycles. The van der Waals surface area contributed by atoms with Crippen LogP contribution in [0.4, 0.5) is 0 Å². The van der Waals surface area contributed by atoms with Gasteiger partial charge in [-0.05, 0) is 45.1 Å². The van der Waals surface area contributed by atoms with E-state index in [4.69, 9.17) is 4.98 Å². The zero-order valence-corrected chi connectivity index (χ0v) is 21.7. The first-order valence-electron chi connectivity index (χ1n) is 12.8. The van der Waals surface area contributed by atoms with Crippen molar-refractivity contribution in [3.63, 3.8) is 0 Å². The summed E-state index contributed by atoms with van der Waals surface area (Å²) in [6, 6.07) is 28.1. The van der Waals surface area contributed by atoms with Crippen LogP contribution in [0.2, 0.25) is 0 Å². The van der Waals surface area contributed by atoms with Gasteiger partial charge < -0.3 is 4.57 Å². The van der Waals surface area contributed by atoms with E-state index in [0.717, 1.165) is 44.8 Å². The molecule has 0 aliphatic carbocycles. The van der Waals surface area contributed by atoms with E-state index in [-0.39, 0.29) is 0 Å². The number of benzene rings is 3. The summed E-state index contributed by atoms with van der Waals surface area (Å²) < 4.78 is 2.43. The molecule has 3 nitrogen and oxygen atoms in total. The van der Waals surface area contributed by atoms with Crippen LogP contribution in [0.5, 0.6) is 0 Å². The number of nitrogens with zero attached hydrogens (tertiary/aromatic N) is 3. The third-order valence-electron chi connectivity index (χ3n) is 6.58. The summed E-state index contributed by atoms with van der Waals surface area (Å²) >= 11 is 1.74. The van der Waals surface area contributed by atoms with E-state index in [9.17, 15) is 0 Å². The number of unbranched alkanes of at least 4 members (excludes halogenated alkanes) is 1. The van der Waals surface area contributed by atoms with Gasteiger partial charge in [-0.1, -0.05) is 98.3 Å². The van der Waals surface area contributed by atoms with Crippen molar-refractivity contribution in [1.82, 2.24) is 14.5 Å². The van der Waals surface area contributed by atoms with E-state index >= 15 is 0 Å². The Morgan fingerprint density at radius 2 is 1.75 bits per heavy atom. The SMILES string of the molecule is CCCCn1c(CN(C/C=C\c2ccsc2)Cc2cccc3ccccc23)cnc1-c1ccccc1. The normalized spacial score (nSPS) is 11.7. The number of thiophene rings is 1. The van der Waals surface area contributed by atoms with Crippen molar-refractivity contribution in [3.05, 3.63) is 119 Å². The second-order valence-corrected chi connectivity index (χ2v) is 9.99. The Balaban J connectivity index is 1.45. The molecule has 36 heavy (non-hydrogen) atoms. The third-order valence-corrected chi connectivity index (χ3v) is 7.28. The molecule has 4 heteroatoms. The van der Waals surface area contributed by atoms with Crippen molar-refractivity contribution in [2.75, 3.05) is 6.54 Å². The lowest BCUT2D eigenvalue weighted by molar-refractivity contribution is 0.279. The zero-order valence-electron chi connectivity index (χ0n) is 20.9. The first kappa shape index (κ1) is 24.2. The number of aromatic nitrogens is 2. The van der Waals surface area contributed by atoms with E-state index in [1.165, 1.54) is 33.2 Å². The molecule has 0 aliphatic rings. The molecule has 0 aliphatic heterocycles. The minimum absolute atomic E-state index is 0.848. The molecular formula is C32H33N3S. The van der Waals surface area contributed by atoms with Crippen molar-refractivity contribution in [3.8, 4) is 11.4 Å². The summed E-state index contributed by atoms with van der Waals surface area (Å²) in [6.07, 6.45) is 8.91. The molecule has 0 atom stereocenters. The van der Waals surface area contributed by atoms with Crippen molar-refractivity contribution in [1.29, 1.82) is 0 Å². The largest absolute Gasteiger partial charge is 0.327 e. The zero-order chi connectivity index (χ0) is 24.6. The van der Waals surface area contributed by atoms with E-state index in [0.29, 0.717) is 0 Å². The molecule has 0 fully saturated rings. The molecule has 0 amide bonds. The van der Waals surface area contributed by atoms with Crippen LogP contribution in [0.15, 0.2) is 102 Å². The summed E-state index contributed by atoms with van der Waals surface area (Å²) in [5.74, 6) is 1.07. The van der Waals surface area contributed by atoms with Gasteiger partial charge in [0.2, 0.25) is 0 Å². The minimum Gasteiger partial charge on any atom is -0.327 e. The number of rotatable bonds is 11. The maximum atomic E-state index is 4.89. The van der Waals surface area contributed by atoms with Crippen LogP contribution in [0.3, 0.4) is 0 Å². The predicted octanol–water partition coefficient (Wildman–Crippen LogP) is 8.28. The quantitative estimate of drug-likeness (QED) is 0.185. The average molecular weight is 492 g/mol. The molecule has 2 heterocycles. The van der Waals surface area contributed by atoms with Crippen LogP contribution in [-0.4, -0.2) is 21.0 Å². The monoisotopic (exact) mass is 491 g/mol. The predicted molar refractivity (Wildman–Crippen MR) is 154 cm³/mol. The van der Waals surface area contributed by atoms with Gasteiger partial charge in [0.05, 0.1) is 11.9 Å². The molecule has 0 bridgehead atoms. The first-order valence-corrected chi connectivity index (χ1v) is 13.7. The summed E-state index contributed by atoms with van der Waals surface area (Å²) in [4.78, 5) is 7.42. The molecule has 5 rings (SSSR count). The highest BCUT2D eigenvalue weighted by Crippen LogP contribution is 2.24. The molecule has 2 aromatic heterocycles. The van der Waals surface area contributed by atoms with Gasteiger partial charge in [-0.2, -0.15) is 11.3 Å². The maximum absolute atomic E-state index is 4.89. The fourth-order valence-electron chi connectivity index (χ4n) is 4.71. The highest BCUT2D eigenvalue weighted by Gasteiger charge is 2.15. The first-order chi connectivity index (χ1) is 17.8. The number of hydrogen-bond acceptors (Lipinski definition) is 3. The van der Waals surface area contributed by atoms with Crippen molar-refractivity contribution >= 4 is 28.2 Å². The van der Waals surface area contributed by atoms with Gasteiger partial charge in [0.1, 0.15) is 5.82 Å². The summed E-state index contributed by atoms with van der Waals surface area (Å²) in [7, 11) is 0. The summed E-state index contributed by atoms with van der Waals surface area (Å²) in [5.41, 5.74) is 5.08. The number of imidazole rings is 1. The Labute approximate surface area is 218 Å². The average Bonchev–Trinajstić information content (AvgIpc) is 3.58. The molecule has 0 N–H and O–H groups in total. The lowest BCUT2D eigenvalue weighted by atomic mass is 10.0. The smallest absolute Gasteiger partial charge is 0.140 e. The fourth-order valence-corrected chi connectivity index (χ4v) is 5.34. The second-order valence-electron chi connectivity index (χ2n) is 9.21. The van der Waals surface area contributed by atoms with E-state index in [1.807, 2.05) is 0 Å². The molecule has 182 valence electrons. The summed E-state index contributed by atoms with van der Waals surface area (Å²) in [5, 5.41) is 6.95. The van der Waals surface area contributed by atoms with Crippen LogP contribution in [0.1, 0.15) is 36.6 Å². The summed E-state index contributed by atoms with van der Waals surface area (Å²) in [6.45, 7) is 5.85. The van der Waals surface area contributed by atoms with E-state index in [1.54, 1.807) is 11.3 Å². The van der Waals surface area contributed by atoms with Gasteiger partial charge in [-0.25, -0.2) is 4.98 Å². The van der Waals surface area contributed by atoms with Crippen LogP contribution in [0.25, 0.3) is 28.2 Å². The molecule has 0 spiro atoms. The van der Waals surface area contributed by atoms with Gasteiger partial charge in [0, 0.05) is 31.7 Å². The highest BCUT2D eigenvalue weighted by molar-refractivity contribution is 7.08. The maximum Gasteiger partial charge on any atom is 0.140 e. The van der Waals surface area contributed by atoms with Gasteiger partial charge >= 0.3 is 0 Å². The highest BCUT2D eigenvalue weighted by atomic mass is 32.1.